The van der Waals surface area contributed by atoms with Crippen molar-refractivity contribution in [3.8, 4) is 0 Å². The minimum Gasteiger partial charge on any atom is -0.385 e. The molecule has 0 aliphatic rings. The number of hydrogen-bond donors (Lipinski definition) is 3. The number of aryl methyl sites for hydroxylation is 1. The van der Waals surface area contributed by atoms with Gasteiger partial charge in [0.05, 0.1) is 23.3 Å². The molecule has 0 bridgehead atoms. The van der Waals surface area contributed by atoms with Crippen LogP contribution in [0.4, 0.5) is 5.69 Å². The lowest BCUT2D eigenvalue weighted by molar-refractivity contribution is -0.120. The summed E-state index contributed by atoms with van der Waals surface area (Å²) in [6.07, 6.45) is -0.113. The predicted molar refractivity (Wildman–Crippen MR) is 93.8 cm³/mol. The number of rotatable bonds is 5. The van der Waals surface area contributed by atoms with Gasteiger partial charge >= 0.3 is 0 Å². The Kier molecular flexibility index (Phi) is 5.36. The first-order valence-electron chi connectivity index (χ1n) is 7.74. The van der Waals surface area contributed by atoms with Crippen LogP contribution in [0.2, 0.25) is 0 Å². The maximum atomic E-state index is 12.3. The van der Waals surface area contributed by atoms with Gasteiger partial charge in [0, 0.05) is 7.05 Å². The zero-order valence-electron chi connectivity index (χ0n) is 14.1. The second-order valence-corrected chi connectivity index (χ2v) is 5.99. The molecule has 0 radical (unpaired) electrons. The molecule has 2 amide bonds. The van der Waals surface area contributed by atoms with Crippen LogP contribution in [0.25, 0.3) is 0 Å². The molecule has 5 nitrogen and oxygen atoms in total. The second kappa shape index (κ2) is 7.27. The highest BCUT2D eigenvalue weighted by Gasteiger charge is 2.27. The summed E-state index contributed by atoms with van der Waals surface area (Å²) < 4.78 is 0. The summed E-state index contributed by atoms with van der Waals surface area (Å²) in [5.74, 6) is -0.637. The van der Waals surface area contributed by atoms with Crippen molar-refractivity contribution in [3.63, 3.8) is 0 Å². The number of nitrogens with one attached hydrogen (secondary N) is 2. The van der Waals surface area contributed by atoms with Gasteiger partial charge in [-0.15, -0.1) is 0 Å². The van der Waals surface area contributed by atoms with E-state index in [0.717, 1.165) is 5.56 Å². The van der Waals surface area contributed by atoms with Gasteiger partial charge in [0.15, 0.2) is 0 Å². The Hall–Kier alpha value is -2.66. The van der Waals surface area contributed by atoms with Crippen LogP contribution >= 0.6 is 0 Å². The predicted octanol–water partition coefficient (Wildman–Crippen LogP) is 2.59. The average Bonchev–Trinajstić information content (AvgIpc) is 2.56. The molecule has 1 atom stereocenters. The van der Waals surface area contributed by atoms with Gasteiger partial charge in [0.1, 0.15) is 0 Å². The molecule has 0 saturated heterocycles. The molecule has 0 aromatic heterocycles. The SMILES string of the molecule is CNC(=O)c1cc(C)ccc1NC(=O)CC(C)(O)c1ccccc1. The molecule has 0 fully saturated rings. The largest absolute Gasteiger partial charge is 0.385 e. The molecule has 0 aliphatic heterocycles. The fourth-order valence-corrected chi connectivity index (χ4v) is 2.50. The highest BCUT2D eigenvalue weighted by molar-refractivity contribution is 6.04. The number of benzene rings is 2. The van der Waals surface area contributed by atoms with Crippen LogP contribution in [0.5, 0.6) is 0 Å². The van der Waals surface area contributed by atoms with Crippen molar-refractivity contribution in [3.05, 3.63) is 65.2 Å². The van der Waals surface area contributed by atoms with Gasteiger partial charge in [-0.25, -0.2) is 0 Å². The molecule has 0 heterocycles. The van der Waals surface area contributed by atoms with E-state index in [4.69, 9.17) is 0 Å². The van der Waals surface area contributed by atoms with Gasteiger partial charge in [0.25, 0.3) is 5.91 Å². The Morgan fingerprint density at radius 3 is 2.42 bits per heavy atom. The molecular weight excluding hydrogens is 304 g/mol. The van der Waals surface area contributed by atoms with Crippen LogP contribution < -0.4 is 10.6 Å². The first kappa shape index (κ1) is 17.7. The van der Waals surface area contributed by atoms with Crippen LogP contribution in [-0.2, 0) is 10.4 Å². The van der Waals surface area contributed by atoms with Crippen LogP contribution in [-0.4, -0.2) is 24.0 Å². The van der Waals surface area contributed by atoms with Crippen molar-refractivity contribution in [2.24, 2.45) is 0 Å². The number of carbonyl (C=O) groups excluding carboxylic acids is 2. The molecule has 0 spiro atoms. The zero-order valence-corrected chi connectivity index (χ0v) is 14.1. The molecule has 0 saturated carbocycles. The minimum absolute atomic E-state index is 0.113. The van der Waals surface area contributed by atoms with E-state index in [1.54, 1.807) is 31.2 Å². The van der Waals surface area contributed by atoms with Crippen molar-refractivity contribution in [2.75, 3.05) is 12.4 Å². The van der Waals surface area contributed by atoms with E-state index in [1.807, 2.05) is 31.2 Å². The highest BCUT2D eigenvalue weighted by Crippen LogP contribution is 2.25. The number of hydrogen-bond acceptors (Lipinski definition) is 3. The Morgan fingerprint density at radius 2 is 1.79 bits per heavy atom. The lowest BCUT2D eigenvalue weighted by Gasteiger charge is -2.23. The van der Waals surface area contributed by atoms with E-state index < -0.39 is 5.60 Å². The van der Waals surface area contributed by atoms with Crippen LogP contribution in [0.15, 0.2) is 48.5 Å². The Morgan fingerprint density at radius 1 is 1.12 bits per heavy atom. The summed E-state index contributed by atoms with van der Waals surface area (Å²) >= 11 is 0. The van der Waals surface area contributed by atoms with E-state index in [9.17, 15) is 14.7 Å². The third-order valence-electron chi connectivity index (χ3n) is 3.82. The number of amides is 2. The molecule has 5 heteroatoms. The summed E-state index contributed by atoms with van der Waals surface area (Å²) in [6.45, 7) is 3.47. The van der Waals surface area contributed by atoms with Crippen LogP contribution in [0.3, 0.4) is 0 Å². The first-order valence-corrected chi connectivity index (χ1v) is 7.74. The number of carbonyl (C=O) groups is 2. The van der Waals surface area contributed by atoms with Gasteiger partial charge < -0.3 is 15.7 Å². The maximum Gasteiger partial charge on any atom is 0.253 e. The standard InChI is InChI=1S/C19H22N2O3/c1-13-9-10-16(15(11-13)18(23)20-3)21-17(22)12-19(2,24)14-7-5-4-6-8-14/h4-11,24H,12H2,1-3H3,(H,20,23)(H,21,22). The summed E-state index contributed by atoms with van der Waals surface area (Å²) in [5, 5.41) is 15.8. The van der Waals surface area contributed by atoms with E-state index in [2.05, 4.69) is 10.6 Å². The maximum absolute atomic E-state index is 12.3. The fourth-order valence-electron chi connectivity index (χ4n) is 2.50. The van der Waals surface area contributed by atoms with Crippen LogP contribution in [0, 0.1) is 6.92 Å². The Balaban J connectivity index is 2.17. The Labute approximate surface area is 141 Å². The fraction of sp³-hybridized carbons (Fsp3) is 0.263. The van der Waals surface area contributed by atoms with E-state index >= 15 is 0 Å². The zero-order chi connectivity index (χ0) is 17.7. The van der Waals surface area contributed by atoms with Crippen molar-refractivity contribution >= 4 is 17.5 Å². The lowest BCUT2D eigenvalue weighted by atomic mass is 9.92. The summed E-state index contributed by atoms with van der Waals surface area (Å²) in [5.41, 5.74) is 1.11. The van der Waals surface area contributed by atoms with Crippen molar-refractivity contribution in [2.45, 2.75) is 25.9 Å². The van der Waals surface area contributed by atoms with Gasteiger partial charge in [0.2, 0.25) is 5.91 Å². The van der Waals surface area contributed by atoms with Crippen molar-refractivity contribution < 1.29 is 14.7 Å². The van der Waals surface area contributed by atoms with E-state index in [-0.39, 0.29) is 18.2 Å². The monoisotopic (exact) mass is 326 g/mol. The normalized spacial score (nSPS) is 13.0. The molecule has 1 unspecified atom stereocenters. The van der Waals surface area contributed by atoms with Gasteiger partial charge in [-0.3, -0.25) is 9.59 Å². The summed E-state index contributed by atoms with van der Waals surface area (Å²) in [7, 11) is 1.54. The second-order valence-electron chi connectivity index (χ2n) is 5.99. The highest BCUT2D eigenvalue weighted by atomic mass is 16.3. The third kappa shape index (κ3) is 4.20. The van der Waals surface area contributed by atoms with Gasteiger partial charge in [-0.2, -0.15) is 0 Å². The first-order chi connectivity index (χ1) is 11.3. The van der Waals surface area contributed by atoms with Gasteiger partial charge in [-0.05, 0) is 31.5 Å². The van der Waals surface area contributed by atoms with Crippen molar-refractivity contribution in [1.29, 1.82) is 0 Å². The number of anilines is 1. The Bertz CT molecular complexity index is 740. The van der Waals surface area contributed by atoms with E-state index in [1.165, 1.54) is 7.05 Å². The smallest absolute Gasteiger partial charge is 0.253 e. The summed E-state index contributed by atoms with van der Waals surface area (Å²) in [6, 6.07) is 14.2. The molecule has 3 N–H and O–H groups in total. The average molecular weight is 326 g/mol. The molecular formula is C19H22N2O3. The molecule has 2 aromatic rings. The quantitative estimate of drug-likeness (QED) is 0.790. The molecule has 126 valence electrons. The third-order valence-corrected chi connectivity index (χ3v) is 3.82. The molecule has 0 aliphatic carbocycles. The summed E-state index contributed by atoms with van der Waals surface area (Å²) in [4.78, 5) is 24.3. The van der Waals surface area contributed by atoms with Crippen LogP contribution in [0.1, 0.15) is 34.8 Å². The molecule has 24 heavy (non-hydrogen) atoms. The van der Waals surface area contributed by atoms with Gasteiger partial charge in [-0.1, -0.05) is 42.0 Å². The molecule has 2 aromatic carbocycles. The minimum atomic E-state index is -1.29. The van der Waals surface area contributed by atoms with E-state index in [0.29, 0.717) is 16.8 Å². The number of aliphatic hydroxyl groups is 1. The topological polar surface area (TPSA) is 78.4 Å². The lowest BCUT2D eigenvalue weighted by Crippen LogP contribution is -2.29. The van der Waals surface area contributed by atoms with Crippen molar-refractivity contribution in [1.82, 2.24) is 5.32 Å². The molecule has 2 rings (SSSR count).